The van der Waals surface area contributed by atoms with Crippen molar-refractivity contribution in [1.82, 2.24) is 20.0 Å². The van der Waals surface area contributed by atoms with Crippen LogP contribution in [0.15, 0.2) is 83.9 Å². The van der Waals surface area contributed by atoms with Crippen molar-refractivity contribution in [2.24, 2.45) is 0 Å². The molecule has 0 fully saturated rings. The van der Waals surface area contributed by atoms with Gasteiger partial charge in [-0.2, -0.15) is 10.2 Å². The summed E-state index contributed by atoms with van der Waals surface area (Å²) in [5, 5.41) is 18.6. The zero-order valence-corrected chi connectivity index (χ0v) is 21.9. The van der Waals surface area contributed by atoms with Gasteiger partial charge in [-0.1, -0.05) is 45.0 Å². The van der Waals surface area contributed by atoms with E-state index in [9.17, 15) is 4.79 Å². The third kappa shape index (κ3) is 5.31. The summed E-state index contributed by atoms with van der Waals surface area (Å²) in [6.07, 6.45) is 3.70. The molecule has 0 atom stereocenters. The minimum atomic E-state index is -0.357. The lowest BCUT2D eigenvalue weighted by Gasteiger charge is -2.14. The van der Waals surface area contributed by atoms with Crippen molar-refractivity contribution < 1.29 is 9.53 Å². The molecule has 0 aliphatic carbocycles. The Kier molecular flexibility index (Phi) is 6.62. The number of fused-ring (bicyclic) bond motifs is 1. The number of aromatic amines is 1. The molecule has 8 nitrogen and oxygen atoms in total. The van der Waals surface area contributed by atoms with Crippen LogP contribution in [-0.4, -0.2) is 32.3 Å². The molecular weight excluding hydrogens is 484 g/mol. The molecule has 2 heterocycles. The molecule has 0 aliphatic heterocycles. The van der Waals surface area contributed by atoms with Gasteiger partial charge in [-0.25, -0.2) is 9.48 Å². The number of rotatable bonds is 6. The second kappa shape index (κ2) is 10.0. The Hall–Kier alpha value is -4.24. The first kappa shape index (κ1) is 24.5. The Morgan fingerprint density at radius 3 is 2.57 bits per heavy atom. The summed E-state index contributed by atoms with van der Waals surface area (Å²) >= 11 is 1.52. The van der Waals surface area contributed by atoms with E-state index in [4.69, 9.17) is 9.84 Å². The number of ether oxygens (including phenoxy) is 1. The highest BCUT2D eigenvalue weighted by Crippen LogP contribution is 2.34. The number of anilines is 2. The Labute approximate surface area is 219 Å². The van der Waals surface area contributed by atoms with Gasteiger partial charge >= 0.3 is 6.03 Å². The smallest absolute Gasteiger partial charge is 0.324 e. The van der Waals surface area contributed by atoms with Crippen LogP contribution in [0.1, 0.15) is 26.5 Å². The Morgan fingerprint density at radius 2 is 1.81 bits per heavy atom. The van der Waals surface area contributed by atoms with Crippen LogP contribution in [0, 0.1) is 0 Å². The number of nitrogens with one attached hydrogen (secondary N) is 3. The van der Waals surface area contributed by atoms with E-state index in [-0.39, 0.29) is 11.4 Å². The summed E-state index contributed by atoms with van der Waals surface area (Å²) < 4.78 is 7.89. The number of hydrogen-bond acceptors (Lipinski definition) is 5. The lowest BCUT2D eigenvalue weighted by molar-refractivity contribution is 0.262. The van der Waals surface area contributed by atoms with Gasteiger partial charge in [0, 0.05) is 16.4 Å². The van der Waals surface area contributed by atoms with Crippen LogP contribution in [0.5, 0.6) is 11.5 Å². The SMILES string of the molecule is CSc1cc(Oc2cccc3[nH]ncc23)ccc1NC(=O)Nc1cc(C(C)(C)C)nn1-c1ccccc1. The van der Waals surface area contributed by atoms with Gasteiger partial charge in [0.2, 0.25) is 0 Å². The van der Waals surface area contributed by atoms with Crippen LogP contribution in [0.4, 0.5) is 16.3 Å². The first-order valence-corrected chi connectivity index (χ1v) is 13.1. The number of H-pyrrole nitrogens is 1. The van der Waals surface area contributed by atoms with Crippen molar-refractivity contribution in [3.8, 4) is 17.2 Å². The van der Waals surface area contributed by atoms with Gasteiger partial charge in [0.05, 0.1) is 34.2 Å². The van der Waals surface area contributed by atoms with Crippen molar-refractivity contribution in [2.45, 2.75) is 31.1 Å². The maximum absolute atomic E-state index is 13.1. The summed E-state index contributed by atoms with van der Waals surface area (Å²) in [6.45, 7) is 6.28. The van der Waals surface area contributed by atoms with Crippen molar-refractivity contribution in [3.63, 3.8) is 0 Å². The number of thioether (sulfide) groups is 1. The summed E-state index contributed by atoms with van der Waals surface area (Å²) in [6, 6.07) is 22.6. The molecule has 3 aromatic carbocycles. The normalized spacial score (nSPS) is 11.5. The maximum atomic E-state index is 13.1. The number of para-hydroxylation sites is 1. The van der Waals surface area contributed by atoms with Crippen molar-refractivity contribution in [1.29, 1.82) is 0 Å². The van der Waals surface area contributed by atoms with Gasteiger partial charge in [0.15, 0.2) is 0 Å². The molecule has 0 unspecified atom stereocenters. The molecule has 3 N–H and O–H groups in total. The van der Waals surface area contributed by atoms with E-state index in [0.717, 1.165) is 27.2 Å². The fraction of sp³-hybridized carbons (Fsp3) is 0.179. The lowest BCUT2D eigenvalue weighted by atomic mass is 9.92. The van der Waals surface area contributed by atoms with Crippen molar-refractivity contribution >= 4 is 40.2 Å². The molecule has 0 bridgehead atoms. The topological polar surface area (TPSA) is 96.9 Å². The average Bonchev–Trinajstić information content (AvgIpc) is 3.53. The number of amides is 2. The lowest BCUT2D eigenvalue weighted by Crippen LogP contribution is -2.21. The summed E-state index contributed by atoms with van der Waals surface area (Å²) in [7, 11) is 0. The van der Waals surface area contributed by atoms with Gasteiger partial charge in [0.25, 0.3) is 0 Å². The first-order chi connectivity index (χ1) is 17.8. The summed E-state index contributed by atoms with van der Waals surface area (Å²) in [5.74, 6) is 1.97. The third-order valence-corrected chi connectivity index (χ3v) is 6.59. The Balaban J connectivity index is 1.36. The molecule has 5 aromatic rings. The molecule has 0 saturated carbocycles. The zero-order valence-electron chi connectivity index (χ0n) is 21.1. The highest BCUT2D eigenvalue weighted by atomic mass is 32.2. The van der Waals surface area contributed by atoms with E-state index in [2.05, 4.69) is 41.6 Å². The fourth-order valence-corrected chi connectivity index (χ4v) is 4.44. The van der Waals surface area contributed by atoms with E-state index < -0.39 is 0 Å². The van der Waals surface area contributed by atoms with Crippen LogP contribution in [0.3, 0.4) is 0 Å². The molecule has 2 amide bonds. The van der Waals surface area contributed by atoms with E-state index >= 15 is 0 Å². The maximum Gasteiger partial charge on any atom is 0.324 e. The molecule has 188 valence electrons. The van der Waals surface area contributed by atoms with Crippen LogP contribution in [-0.2, 0) is 5.41 Å². The predicted molar refractivity (Wildman–Crippen MR) is 149 cm³/mol. The number of nitrogens with zero attached hydrogens (tertiary/aromatic N) is 3. The Bertz CT molecular complexity index is 1550. The molecular formula is C28H28N6O2S. The van der Waals surface area contributed by atoms with Crippen LogP contribution >= 0.6 is 11.8 Å². The summed E-state index contributed by atoms with van der Waals surface area (Å²) in [4.78, 5) is 13.9. The van der Waals surface area contributed by atoms with Crippen LogP contribution in [0.25, 0.3) is 16.6 Å². The van der Waals surface area contributed by atoms with Gasteiger partial charge in [0.1, 0.15) is 17.3 Å². The number of benzene rings is 3. The van der Waals surface area contributed by atoms with E-state index in [1.165, 1.54) is 11.8 Å². The highest BCUT2D eigenvalue weighted by molar-refractivity contribution is 7.98. The Morgan fingerprint density at radius 1 is 1.00 bits per heavy atom. The zero-order chi connectivity index (χ0) is 26.0. The number of carbonyl (C=O) groups is 1. The number of carbonyl (C=O) groups excluding carboxylic acids is 1. The quantitative estimate of drug-likeness (QED) is 0.209. The number of hydrogen-bond donors (Lipinski definition) is 3. The van der Waals surface area contributed by atoms with E-state index in [1.807, 2.05) is 79.1 Å². The molecule has 0 spiro atoms. The van der Waals surface area contributed by atoms with Crippen LogP contribution < -0.4 is 15.4 Å². The molecule has 0 aliphatic rings. The standard InChI is InChI=1S/C28H28N6O2S/c1-28(2,3)25-16-26(34(33-25)18-9-6-5-7-10-18)31-27(35)30-22-14-13-19(15-24(22)37-4)36-23-12-8-11-21-20(23)17-29-32-21/h5-17H,1-4H3,(H,29,32)(H2,30,31,35). The second-order valence-corrected chi connectivity index (χ2v) is 10.4. The molecule has 9 heteroatoms. The third-order valence-electron chi connectivity index (χ3n) is 5.81. The van der Waals surface area contributed by atoms with Gasteiger partial charge < -0.3 is 10.1 Å². The molecule has 2 aromatic heterocycles. The summed E-state index contributed by atoms with van der Waals surface area (Å²) in [5.41, 5.74) is 3.16. The van der Waals surface area contributed by atoms with E-state index in [0.29, 0.717) is 23.0 Å². The van der Waals surface area contributed by atoms with E-state index in [1.54, 1.807) is 10.9 Å². The number of aromatic nitrogens is 4. The average molecular weight is 513 g/mol. The minimum Gasteiger partial charge on any atom is -0.457 e. The second-order valence-electron chi connectivity index (χ2n) is 9.54. The van der Waals surface area contributed by atoms with Crippen LogP contribution in [0.2, 0.25) is 0 Å². The minimum absolute atomic E-state index is 0.171. The first-order valence-electron chi connectivity index (χ1n) is 11.8. The van der Waals surface area contributed by atoms with Gasteiger partial charge in [-0.15, -0.1) is 11.8 Å². The van der Waals surface area contributed by atoms with Crippen molar-refractivity contribution in [2.75, 3.05) is 16.9 Å². The molecule has 0 saturated heterocycles. The van der Waals surface area contributed by atoms with Crippen molar-refractivity contribution in [3.05, 3.63) is 84.7 Å². The van der Waals surface area contributed by atoms with Gasteiger partial charge in [-0.05, 0) is 48.7 Å². The monoisotopic (exact) mass is 512 g/mol. The predicted octanol–water partition coefficient (Wildman–Crippen LogP) is 7.20. The molecule has 37 heavy (non-hydrogen) atoms. The number of urea groups is 1. The molecule has 0 radical (unpaired) electrons. The highest BCUT2D eigenvalue weighted by Gasteiger charge is 2.22. The molecule has 5 rings (SSSR count). The fourth-order valence-electron chi connectivity index (χ4n) is 3.87. The largest absolute Gasteiger partial charge is 0.457 e. The van der Waals surface area contributed by atoms with Gasteiger partial charge in [-0.3, -0.25) is 10.4 Å².